The third kappa shape index (κ3) is 4.22. The second kappa shape index (κ2) is 7.60. The molecule has 24 heavy (non-hydrogen) atoms. The Labute approximate surface area is 143 Å². The van der Waals surface area contributed by atoms with E-state index in [1.807, 2.05) is 55.5 Å². The number of aryl methyl sites for hydroxylation is 1. The number of likely N-dealkylation sites (N-methyl/N-ethyl adjacent to an activating group) is 1. The van der Waals surface area contributed by atoms with Crippen molar-refractivity contribution < 1.29 is 9.53 Å². The lowest BCUT2D eigenvalue weighted by Crippen LogP contribution is -2.35. The molecule has 1 unspecified atom stereocenters. The fourth-order valence-electron chi connectivity index (χ4n) is 2.95. The van der Waals surface area contributed by atoms with Gasteiger partial charge in [-0.15, -0.1) is 0 Å². The summed E-state index contributed by atoms with van der Waals surface area (Å²) in [6, 6.07) is 15.9. The van der Waals surface area contributed by atoms with Crippen molar-refractivity contribution in [1.82, 2.24) is 4.90 Å². The number of benzene rings is 2. The number of hydrogen-bond acceptors (Lipinski definition) is 3. The number of ether oxygens (including phenoxy) is 1. The molecule has 4 heteroatoms. The lowest BCUT2D eigenvalue weighted by molar-refractivity contribution is -0.115. The molecule has 1 saturated heterocycles. The smallest absolute Gasteiger partial charge is 0.228 e. The zero-order valence-electron chi connectivity index (χ0n) is 14.3. The molecular formula is C20H24N2O2. The summed E-state index contributed by atoms with van der Waals surface area (Å²) in [6.07, 6.45) is 0.505. The minimum atomic E-state index is 0.00528. The van der Waals surface area contributed by atoms with E-state index in [9.17, 15) is 4.79 Å². The molecule has 1 aliphatic rings. The van der Waals surface area contributed by atoms with Crippen LogP contribution in [0.1, 0.15) is 22.8 Å². The number of rotatable bonds is 4. The maximum atomic E-state index is 12.2. The van der Waals surface area contributed by atoms with Crippen LogP contribution in [0.2, 0.25) is 0 Å². The van der Waals surface area contributed by atoms with Crippen molar-refractivity contribution in [2.24, 2.45) is 0 Å². The van der Waals surface area contributed by atoms with Crippen molar-refractivity contribution >= 4 is 11.6 Å². The largest absolute Gasteiger partial charge is 0.371 e. The molecule has 126 valence electrons. The van der Waals surface area contributed by atoms with Gasteiger partial charge in [0, 0.05) is 18.8 Å². The van der Waals surface area contributed by atoms with Crippen molar-refractivity contribution in [2.45, 2.75) is 19.4 Å². The number of morpholine rings is 1. The average molecular weight is 324 g/mol. The van der Waals surface area contributed by atoms with E-state index in [0.29, 0.717) is 6.42 Å². The maximum Gasteiger partial charge on any atom is 0.228 e. The van der Waals surface area contributed by atoms with Crippen LogP contribution in [-0.4, -0.2) is 37.6 Å². The third-order valence-electron chi connectivity index (χ3n) is 4.45. The van der Waals surface area contributed by atoms with Crippen molar-refractivity contribution in [2.75, 3.05) is 32.1 Å². The van der Waals surface area contributed by atoms with Gasteiger partial charge in [0.25, 0.3) is 0 Å². The van der Waals surface area contributed by atoms with E-state index in [4.69, 9.17) is 4.74 Å². The highest BCUT2D eigenvalue weighted by atomic mass is 16.5. The quantitative estimate of drug-likeness (QED) is 0.939. The van der Waals surface area contributed by atoms with E-state index < -0.39 is 0 Å². The maximum absolute atomic E-state index is 12.2. The molecule has 1 heterocycles. The highest BCUT2D eigenvalue weighted by Crippen LogP contribution is 2.23. The van der Waals surface area contributed by atoms with Crippen LogP contribution in [0.15, 0.2) is 48.5 Å². The summed E-state index contributed by atoms with van der Waals surface area (Å²) in [7, 11) is 2.11. The van der Waals surface area contributed by atoms with Gasteiger partial charge in [0.15, 0.2) is 0 Å². The van der Waals surface area contributed by atoms with Gasteiger partial charge in [-0.3, -0.25) is 4.79 Å². The zero-order valence-corrected chi connectivity index (χ0v) is 14.3. The van der Waals surface area contributed by atoms with Crippen molar-refractivity contribution in [3.05, 3.63) is 65.2 Å². The number of anilines is 1. The van der Waals surface area contributed by atoms with Crippen LogP contribution in [0.5, 0.6) is 0 Å². The Bertz CT molecular complexity index is 697. The molecule has 0 aliphatic carbocycles. The monoisotopic (exact) mass is 324 g/mol. The van der Waals surface area contributed by atoms with Gasteiger partial charge in [0.05, 0.1) is 19.1 Å². The highest BCUT2D eigenvalue weighted by Gasteiger charge is 2.19. The minimum Gasteiger partial charge on any atom is -0.371 e. The first kappa shape index (κ1) is 16.7. The molecule has 3 rings (SSSR count). The predicted octanol–water partition coefficient (Wildman–Crippen LogP) is 3.18. The van der Waals surface area contributed by atoms with Gasteiger partial charge in [0.1, 0.15) is 0 Å². The lowest BCUT2D eigenvalue weighted by atomic mass is 10.1. The van der Waals surface area contributed by atoms with E-state index in [2.05, 4.69) is 17.3 Å². The summed E-state index contributed by atoms with van der Waals surface area (Å²) in [5.41, 5.74) is 4.17. The number of carbonyl (C=O) groups excluding carboxylic acids is 1. The number of nitrogens with one attached hydrogen (secondary N) is 1. The highest BCUT2D eigenvalue weighted by molar-refractivity contribution is 5.92. The molecule has 1 amide bonds. The second-order valence-electron chi connectivity index (χ2n) is 6.40. The molecule has 1 atom stereocenters. The lowest BCUT2D eigenvalue weighted by Gasteiger charge is -2.30. The Hall–Kier alpha value is -2.17. The summed E-state index contributed by atoms with van der Waals surface area (Å²) in [5, 5.41) is 2.97. The van der Waals surface area contributed by atoms with Crippen LogP contribution in [0.4, 0.5) is 5.69 Å². The molecule has 2 aromatic carbocycles. The fourth-order valence-corrected chi connectivity index (χ4v) is 2.95. The normalized spacial score (nSPS) is 18.3. The van der Waals surface area contributed by atoms with Crippen molar-refractivity contribution in [1.29, 1.82) is 0 Å². The molecular weight excluding hydrogens is 300 g/mol. The Morgan fingerprint density at radius 3 is 2.67 bits per heavy atom. The van der Waals surface area contributed by atoms with Gasteiger partial charge < -0.3 is 15.0 Å². The van der Waals surface area contributed by atoms with Gasteiger partial charge >= 0.3 is 0 Å². The first-order valence-corrected chi connectivity index (χ1v) is 8.36. The molecule has 0 aromatic heterocycles. The molecule has 1 aliphatic heterocycles. The molecule has 4 nitrogen and oxygen atoms in total. The van der Waals surface area contributed by atoms with Crippen LogP contribution >= 0.6 is 0 Å². The molecule has 0 spiro atoms. The molecule has 1 N–H and O–H groups in total. The van der Waals surface area contributed by atoms with Gasteiger partial charge in [-0.05, 0) is 42.8 Å². The Kier molecular flexibility index (Phi) is 5.28. The van der Waals surface area contributed by atoms with Crippen LogP contribution in [-0.2, 0) is 16.0 Å². The van der Waals surface area contributed by atoms with Crippen LogP contribution < -0.4 is 5.32 Å². The Morgan fingerprint density at radius 2 is 1.96 bits per heavy atom. The SMILES string of the molecule is Cc1ccccc1CC(=O)Nc1ccc(C2CN(C)CCO2)cc1. The van der Waals surface area contributed by atoms with Crippen molar-refractivity contribution in [3.63, 3.8) is 0 Å². The topological polar surface area (TPSA) is 41.6 Å². The number of hydrogen-bond donors (Lipinski definition) is 1. The summed E-state index contributed by atoms with van der Waals surface area (Å²) in [6.45, 7) is 4.66. The van der Waals surface area contributed by atoms with E-state index in [-0.39, 0.29) is 12.0 Å². The van der Waals surface area contributed by atoms with Crippen LogP contribution in [0.25, 0.3) is 0 Å². The Balaban J connectivity index is 1.59. The third-order valence-corrected chi connectivity index (χ3v) is 4.45. The van der Waals surface area contributed by atoms with E-state index in [1.165, 1.54) is 0 Å². The summed E-state index contributed by atoms with van der Waals surface area (Å²) in [5.74, 6) is 0.00528. The first-order chi connectivity index (χ1) is 11.6. The Morgan fingerprint density at radius 1 is 1.21 bits per heavy atom. The number of nitrogens with zero attached hydrogens (tertiary/aromatic N) is 1. The van der Waals surface area contributed by atoms with Crippen molar-refractivity contribution in [3.8, 4) is 0 Å². The summed E-state index contributed by atoms with van der Waals surface area (Å²) >= 11 is 0. The summed E-state index contributed by atoms with van der Waals surface area (Å²) < 4.78 is 5.82. The van der Waals surface area contributed by atoms with Crippen LogP contribution in [0, 0.1) is 6.92 Å². The van der Waals surface area contributed by atoms with Gasteiger partial charge in [-0.2, -0.15) is 0 Å². The standard InChI is InChI=1S/C20H24N2O2/c1-15-5-3-4-6-17(15)13-20(23)21-18-9-7-16(8-10-18)19-14-22(2)11-12-24-19/h3-10,19H,11-14H2,1-2H3,(H,21,23). The minimum absolute atomic E-state index is 0.00528. The fraction of sp³-hybridized carbons (Fsp3) is 0.350. The predicted molar refractivity (Wildman–Crippen MR) is 96.1 cm³/mol. The van der Waals surface area contributed by atoms with Gasteiger partial charge in [-0.1, -0.05) is 36.4 Å². The molecule has 1 fully saturated rings. The molecule has 2 aromatic rings. The molecule has 0 saturated carbocycles. The van der Waals surface area contributed by atoms with E-state index >= 15 is 0 Å². The van der Waals surface area contributed by atoms with Gasteiger partial charge in [-0.25, -0.2) is 0 Å². The number of amides is 1. The zero-order chi connectivity index (χ0) is 16.9. The first-order valence-electron chi connectivity index (χ1n) is 8.36. The van der Waals surface area contributed by atoms with E-state index in [1.54, 1.807) is 0 Å². The molecule has 0 bridgehead atoms. The van der Waals surface area contributed by atoms with Crippen LogP contribution in [0.3, 0.4) is 0 Å². The second-order valence-corrected chi connectivity index (χ2v) is 6.40. The molecule has 0 radical (unpaired) electrons. The van der Waals surface area contributed by atoms with E-state index in [0.717, 1.165) is 42.1 Å². The average Bonchev–Trinajstić information content (AvgIpc) is 2.58. The van der Waals surface area contributed by atoms with Gasteiger partial charge in [0.2, 0.25) is 5.91 Å². The summed E-state index contributed by atoms with van der Waals surface area (Å²) in [4.78, 5) is 14.5. The number of carbonyl (C=O) groups is 1.